The van der Waals surface area contributed by atoms with Gasteiger partial charge in [0.1, 0.15) is 5.75 Å². The van der Waals surface area contributed by atoms with Crippen LogP contribution in [-0.2, 0) is 11.2 Å². The second-order valence-electron chi connectivity index (χ2n) is 8.07. The maximum Gasteiger partial charge on any atom is 0.222 e. The second kappa shape index (κ2) is 10.1. The van der Waals surface area contributed by atoms with E-state index in [0.717, 1.165) is 30.8 Å². The lowest BCUT2D eigenvalue weighted by molar-refractivity contribution is -0.130. The van der Waals surface area contributed by atoms with Gasteiger partial charge in [0.05, 0.1) is 7.11 Å². The molecule has 1 N–H and O–H groups in total. The Balaban J connectivity index is 1.51. The van der Waals surface area contributed by atoms with Gasteiger partial charge in [0.25, 0.3) is 0 Å². The van der Waals surface area contributed by atoms with Gasteiger partial charge in [-0.3, -0.25) is 4.79 Å². The number of nitrogens with zero attached hydrogens (tertiary/aromatic N) is 2. The van der Waals surface area contributed by atoms with E-state index in [0.29, 0.717) is 18.9 Å². The summed E-state index contributed by atoms with van der Waals surface area (Å²) in [5.41, 5.74) is 1.13. The topological polar surface area (TPSA) is 53.0 Å². The van der Waals surface area contributed by atoms with E-state index in [2.05, 4.69) is 4.90 Å². The summed E-state index contributed by atoms with van der Waals surface area (Å²) < 4.78 is 5.26. The minimum absolute atomic E-state index is 0.179. The smallest absolute Gasteiger partial charge is 0.222 e. The maximum atomic E-state index is 12.7. The van der Waals surface area contributed by atoms with Gasteiger partial charge in [-0.15, -0.1) is 0 Å². The number of hydrogen-bond donors (Lipinski definition) is 1. The van der Waals surface area contributed by atoms with Gasteiger partial charge < -0.3 is 19.6 Å². The molecule has 0 saturated carbocycles. The van der Waals surface area contributed by atoms with Gasteiger partial charge in [0, 0.05) is 38.6 Å². The fourth-order valence-corrected chi connectivity index (χ4v) is 4.44. The number of ether oxygens (including phenoxy) is 1. The molecule has 0 aliphatic carbocycles. The highest BCUT2D eigenvalue weighted by atomic mass is 16.5. The van der Waals surface area contributed by atoms with E-state index < -0.39 is 0 Å². The third-order valence-electron chi connectivity index (χ3n) is 6.12. The summed E-state index contributed by atoms with van der Waals surface area (Å²) >= 11 is 0. The lowest BCUT2D eigenvalue weighted by Crippen LogP contribution is -2.35. The highest BCUT2D eigenvalue weighted by Gasteiger charge is 2.35. The van der Waals surface area contributed by atoms with Gasteiger partial charge in [-0.25, -0.2) is 0 Å². The molecule has 1 aromatic rings. The summed E-state index contributed by atoms with van der Waals surface area (Å²) in [7, 11) is 1.66. The van der Waals surface area contributed by atoms with Crippen molar-refractivity contribution < 1.29 is 14.6 Å². The monoisotopic (exact) mass is 374 g/mol. The van der Waals surface area contributed by atoms with Crippen molar-refractivity contribution >= 4 is 5.91 Å². The van der Waals surface area contributed by atoms with Crippen LogP contribution in [-0.4, -0.2) is 67.3 Å². The van der Waals surface area contributed by atoms with Crippen molar-refractivity contribution in [3.05, 3.63) is 29.8 Å². The Hall–Kier alpha value is -1.59. The molecule has 0 radical (unpaired) electrons. The number of benzene rings is 1. The Morgan fingerprint density at radius 1 is 1.15 bits per heavy atom. The first-order chi connectivity index (χ1) is 13.2. The summed E-state index contributed by atoms with van der Waals surface area (Å²) in [6, 6.07) is 7.92. The molecule has 2 atom stereocenters. The number of carbonyl (C=O) groups excluding carboxylic acids is 1. The Labute approximate surface area is 163 Å². The number of likely N-dealkylation sites (tertiary alicyclic amines) is 2. The molecule has 2 fully saturated rings. The average Bonchev–Trinajstić information content (AvgIpc) is 2.93. The van der Waals surface area contributed by atoms with Crippen LogP contribution in [0.15, 0.2) is 24.3 Å². The van der Waals surface area contributed by atoms with Crippen molar-refractivity contribution in [3.63, 3.8) is 0 Å². The average molecular weight is 375 g/mol. The number of methoxy groups -OCH3 is 1. The first kappa shape index (κ1) is 20.2. The lowest BCUT2D eigenvalue weighted by atomic mass is 9.96. The van der Waals surface area contributed by atoms with E-state index in [1.807, 2.05) is 29.2 Å². The number of amides is 1. The number of aliphatic hydroxyl groups excluding tert-OH is 1. The molecule has 1 amide bonds. The fourth-order valence-electron chi connectivity index (χ4n) is 4.44. The predicted octanol–water partition coefficient (Wildman–Crippen LogP) is 2.57. The van der Waals surface area contributed by atoms with E-state index in [-0.39, 0.29) is 18.4 Å². The largest absolute Gasteiger partial charge is 0.497 e. The zero-order chi connectivity index (χ0) is 19.1. The van der Waals surface area contributed by atoms with Gasteiger partial charge in [0.2, 0.25) is 5.91 Å². The van der Waals surface area contributed by atoms with Crippen LogP contribution in [0.5, 0.6) is 5.75 Å². The van der Waals surface area contributed by atoms with Crippen LogP contribution in [0.1, 0.15) is 37.7 Å². The van der Waals surface area contributed by atoms with Crippen LogP contribution in [0.4, 0.5) is 0 Å². The van der Waals surface area contributed by atoms with E-state index >= 15 is 0 Å². The lowest BCUT2D eigenvalue weighted by Gasteiger charge is -2.26. The van der Waals surface area contributed by atoms with Crippen molar-refractivity contribution in [1.29, 1.82) is 0 Å². The number of rotatable bonds is 7. The first-order valence-electron chi connectivity index (χ1n) is 10.4. The van der Waals surface area contributed by atoms with Crippen LogP contribution < -0.4 is 4.74 Å². The Morgan fingerprint density at radius 2 is 1.89 bits per heavy atom. The zero-order valence-electron chi connectivity index (χ0n) is 16.6. The van der Waals surface area contributed by atoms with Crippen molar-refractivity contribution in [2.24, 2.45) is 11.8 Å². The van der Waals surface area contributed by atoms with Gasteiger partial charge in [-0.2, -0.15) is 0 Å². The number of hydrogen-bond acceptors (Lipinski definition) is 4. The number of aryl methyl sites for hydroxylation is 1. The van der Waals surface area contributed by atoms with Crippen molar-refractivity contribution in [2.75, 3.05) is 46.4 Å². The van der Waals surface area contributed by atoms with E-state index in [9.17, 15) is 9.90 Å². The SMILES string of the molecule is COc1cccc(CCC(=O)N2C[C@@H](CN3CCCCCC3)[C@@H](CO)C2)c1. The Kier molecular flexibility index (Phi) is 7.53. The molecule has 2 aliphatic heterocycles. The summed E-state index contributed by atoms with van der Waals surface area (Å²) in [4.78, 5) is 17.2. The van der Waals surface area contributed by atoms with Crippen LogP contribution in [0.3, 0.4) is 0 Å². The van der Waals surface area contributed by atoms with Crippen molar-refractivity contribution in [3.8, 4) is 5.75 Å². The fraction of sp³-hybridized carbons (Fsp3) is 0.682. The normalized spacial score (nSPS) is 24.0. The molecule has 5 nitrogen and oxygen atoms in total. The summed E-state index contributed by atoms with van der Waals surface area (Å²) in [6.45, 7) is 5.02. The molecule has 0 unspecified atom stereocenters. The van der Waals surface area contributed by atoms with Crippen LogP contribution in [0.25, 0.3) is 0 Å². The van der Waals surface area contributed by atoms with Crippen molar-refractivity contribution in [1.82, 2.24) is 9.80 Å². The van der Waals surface area contributed by atoms with E-state index in [1.54, 1.807) is 7.11 Å². The third-order valence-corrected chi connectivity index (χ3v) is 6.12. The summed E-state index contributed by atoms with van der Waals surface area (Å²) in [5, 5.41) is 9.82. The van der Waals surface area contributed by atoms with Crippen molar-refractivity contribution in [2.45, 2.75) is 38.5 Å². The molecular formula is C22H34N2O3. The second-order valence-corrected chi connectivity index (χ2v) is 8.07. The third kappa shape index (κ3) is 5.69. The number of aliphatic hydroxyl groups is 1. The quantitative estimate of drug-likeness (QED) is 0.797. The minimum atomic E-state index is 0.179. The van der Waals surface area contributed by atoms with Crippen LogP contribution in [0, 0.1) is 11.8 Å². The zero-order valence-corrected chi connectivity index (χ0v) is 16.6. The molecule has 2 heterocycles. The first-order valence-corrected chi connectivity index (χ1v) is 10.4. The predicted molar refractivity (Wildman–Crippen MR) is 107 cm³/mol. The molecule has 150 valence electrons. The molecule has 2 saturated heterocycles. The molecule has 0 bridgehead atoms. The standard InChI is InChI=1S/C22H34N2O3/c1-27-21-8-6-7-18(13-21)9-10-22(26)24-15-19(20(16-24)17-25)14-23-11-4-2-3-5-12-23/h6-8,13,19-20,25H,2-5,9-12,14-17H2,1H3/t19-,20-/m1/s1. The molecule has 0 aromatic heterocycles. The molecule has 2 aliphatic rings. The van der Waals surface area contributed by atoms with Gasteiger partial charge >= 0.3 is 0 Å². The Bertz CT molecular complexity index is 599. The molecule has 0 spiro atoms. The van der Waals surface area contributed by atoms with Crippen LogP contribution in [0.2, 0.25) is 0 Å². The van der Waals surface area contributed by atoms with Crippen LogP contribution >= 0.6 is 0 Å². The summed E-state index contributed by atoms with van der Waals surface area (Å²) in [5.74, 6) is 1.65. The molecule has 3 rings (SSSR count). The molecule has 1 aromatic carbocycles. The van der Waals surface area contributed by atoms with Gasteiger partial charge in [-0.1, -0.05) is 25.0 Å². The minimum Gasteiger partial charge on any atom is -0.497 e. The molecule has 27 heavy (non-hydrogen) atoms. The van der Waals surface area contributed by atoms with E-state index in [4.69, 9.17) is 4.74 Å². The maximum absolute atomic E-state index is 12.7. The highest BCUT2D eigenvalue weighted by Crippen LogP contribution is 2.26. The van der Waals surface area contributed by atoms with E-state index in [1.165, 1.54) is 38.8 Å². The van der Waals surface area contributed by atoms with Gasteiger partial charge in [-0.05, 0) is 56.0 Å². The highest BCUT2D eigenvalue weighted by molar-refractivity contribution is 5.76. The Morgan fingerprint density at radius 3 is 2.59 bits per heavy atom. The van der Waals surface area contributed by atoms with Gasteiger partial charge in [0.15, 0.2) is 0 Å². The number of carbonyl (C=O) groups is 1. The molecule has 5 heteroatoms. The molecular weight excluding hydrogens is 340 g/mol. The summed E-state index contributed by atoms with van der Waals surface area (Å²) in [6.07, 6.45) is 6.47.